The van der Waals surface area contributed by atoms with Gasteiger partial charge in [-0.15, -0.1) is 11.8 Å². The molecular formula is C11H19N3O2S2. The average molecular weight is 289 g/mol. The van der Waals surface area contributed by atoms with Crippen molar-refractivity contribution in [3.63, 3.8) is 0 Å². The second kappa shape index (κ2) is 6.38. The fourth-order valence-electron chi connectivity index (χ4n) is 1.37. The first-order chi connectivity index (χ1) is 8.33. The molecule has 0 aliphatic rings. The number of thioether (sulfide) groups is 1. The highest BCUT2D eigenvalue weighted by Gasteiger charge is 2.10. The summed E-state index contributed by atoms with van der Waals surface area (Å²) in [5.41, 5.74) is 0.973. The van der Waals surface area contributed by atoms with E-state index in [1.807, 2.05) is 20.8 Å². The fraction of sp³-hybridized carbons (Fsp3) is 0.636. The Balaban J connectivity index is 2.82. The fourth-order valence-corrected chi connectivity index (χ4v) is 3.62. The highest BCUT2D eigenvalue weighted by Crippen LogP contribution is 2.24. The summed E-state index contributed by atoms with van der Waals surface area (Å²) in [6.45, 7) is 6.58. The SMILES string of the molecule is CCNc1nc(C)nc(SCCS(C)(=O)=O)c1C. The molecule has 0 bridgehead atoms. The van der Waals surface area contributed by atoms with Gasteiger partial charge in [-0.3, -0.25) is 0 Å². The topological polar surface area (TPSA) is 72.0 Å². The number of rotatable bonds is 6. The zero-order valence-corrected chi connectivity index (χ0v) is 12.8. The Morgan fingerprint density at radius 3 is 2.50 bits per heavy atom. The van der Waals surface area contributed by atoms with Gasteiger partial charge in [0, 0.05) is 24.1 Å². The van der Waals surface area contributed by atoms with Gasteiger partial charge in [0.15, 0.2) is 0 Å². The molecule has 0 spiro atoms. The van der Waals surface area contributed by atoms with E-state index in [2.05, 4.69) is 15.3 Å². The summed E-state index contributed by atoms with van der Waals surface area (Å²) in [5.74, 6) is 2.20. The van der Waals surface area contributed by atoms with Crippen LogP contribution < -0.4 is 5.32 Å². The van der Waals surface area contributed by atoms with Crippen LogP contribution >= 0.6 is 11.8 Å². The van der Waals surface area contributed by atoms with Gasteiger partial charge in [-0.25, -0.2) is 18.4 Å². The van der Waals surface area contributed by atoms with E-state index in [1.165, 1.54) is 18.0 Å². The zero-order chi connectivity index (χ0) is 13.8. The molecule has 1 rings (SSSR count). The molecule has 102 valence electrons. The first-order valence-corrected chi connectivity index (χ1v) is 8.77. The number of aromatic nitrogens is 2. The molecule has 0 aliphatic carbocycles. The predicted octanol–water partition coefficient (Wildman–Crippen LogP) is 1.66. The Bertz CT molecular complexity index is 515. The van der Waals surface area contributed by atoms with E-state index in [0.29, 0.717) is 11.6 Å². The molecule has 0 saturated heterocycles. The molecule has 18 heavy (non-hydrogen) atoms. The first-order valence-electron chi connectivity index (χ1n) is 5.73. The Kier molecular flexibility index (Phi) is 5.40. The molecule has 0 radical (unpaired) electrons. The second-order valence-electron chi connectivity index (χ2n) is 4.06. The Hall–Kier alpha value is -0.820. The van der Waals surface area contributed by atoms with Crippen molar-refractivity contribution in [3.8, 4) is 0 Å². The van der Waals surface area contributed by atoms with E-state index in [-0.39, 0.29) is 5.75 Å². The minimum Gasteiger partial charge on any atom is -0.370 e. The minimum atomic E-state index is -2.92. The number of nitrogens with one attached hydrogen (secondary N) is 1. The molecule has 0 atom stereocenters. The van der Waals surface area contributed by atoms with Crippen LogP contribution in [0.1, 0.15) is 18.3 Å². The van der Waals surface area contributed by atoms with E-state index < -0.39 is 9.84 Å². The monoisotopic (exact) mass is 289 g/mol. The quantitative estimate of drug-likeness (QED) is 0.634. The molecule has 1 heterocycles. The number of sulfone groups is 1. The summed E-state index contributed by atoms with van der Waals surface area (Å²) >= 11 is 1.46. The van der Waals surface area contributed by atoms with Crippen molar-refractivity contribution in [1.29, 1.82) is 0 Å². The van der Waals surface area contributed by atoms with Crippen LogP contribution in [0.2, 0.25) is 0 Å². The number of anilines is 1. The Morgan fingerprint density at radius 2 is 1.94 bits per heavy atom. The van der Waals surface area contributed by atoms with Crippen molar-refractivity contribution >= 4 is 27.4 Å². The lowest BCUT2D eigenvalue weighted by Gasteiger charge is -2.11. The van der Waals surface area contributed by atoms with Gasteiger partial charge in [0.1, 0.15) is 26.5 Å². The maximum Gasteiger partial charge on any atom is 0.148 e. The second-order valence-corrected chi connectivity index (χ2v) is 7.40. The molecule has 1 aromatic heterocycles. The molecule has 5 nitrogen and oxygen atoms in total. The van der Waals surface area contributed by atoms with Gasteiger partial charge in [0.05, 0.1) is 5.75 Å². The maximum absolute atomic E-state index is 11.1. The molecule has 0 saturated carbocycles. The van der Waals surface area contributed by atoms with E-state index >= 15 is 0 Å². The van der Waals surface area contributed by atoms with Crippen molar-refractivity contribution in [1.82, 2.24) is 9.97 Å². The van der Waals surface area contributed by atoms with E-state index in [1.54, 1.807) is 0 Å². The molecule has 1 N–H and O–H groups in total. The molecule has 7 heteroatoms. The molecule has 0 unspecified atom stereocenters. The normalized spacial score (nSPS) is 11.6. The van der Waals surface area contributed by atoms with Crippen LogP contribution in [0.4, 0.5) is 5.82 Å². The van der Waals surface area contributed by atoms with Gasteiger partial charge in [-0.05, 0) is 20.8 Å². The lowest BCUT2D eigenvalue weighted by molar-refractivity contribution is 0.603. The molecule has 1 aromatic rings. The third kappa shape index (κ3) is 4.81. The third-order valence-electron chi connectivity index (χ3n) is 2.25. The van der Waals surface area contributed by atoms with Crippen LogP contribution in [0.5, 0.6) is 0 Å². The van der Waals surface area contributed by atoms with Gasteiger partial charge >= 0.3 is 0 Å². The summed E-state index contributed by atoms with van der Waals surface area (Å²) in [6.07, 6.45) is 1.25. The van der Waals surface area contributed by atoms with Crippen molar-refractivity contribution < 1.29 is 8.42 Å². The summed E-state index contributed by atoms with van der Waals surface area (Å²) < 4.78 is 22.2. The lowest BCUT2D eigenvalue weighted by atomic mass is 10.3. The van der Waals surface area contributed by atoms with Crippen LogP contribution in [0.15, 0.2) is 5.03 Å². The van der Waals surface area contributed by atoms with Gasteiger partial charge < -0.3 is 5.32 Å². The van der Waals surface area contributed by atoms with Crippen LogP contribution in [0.25, 0.3) is 0 Å². The molecule has 0 amide bonds. The van der Waals surface area contributed by atoms with Crippen LogP contribution in [0.3, 0.4) is 0 Å². The summed E-state index contributed by atoms with van der Waals surface area (Å²) in [5, 5.41) is 4.03. The van der Waals surface area contributed by atoms with Gasteiger partial charge in [-0.2, -0.15) is 0 Å². The predicted molar refractivity (Wildman–Crippen MR) is 76.1 cm³/mol. The maximum atomic E-state index is 11.1. The Labute approximate surface area is 113 Å². The average Bonchev–Trinajstić information content (AvgIpc) is 2.23. The molecule has 0 fully saturated rings. The van der Waals surface area contributed by atoms with E-state index in [4.69, 9.17) is 0 Å². The summed E-state index contributed by atoms with van der Waals surface area (Å²) in [6, 6.07) is 0. The van der Waals surface area contributed by atoms with Gasteiger partial charge in [0.25, 0.3) is 0 Å². The number of nitrogens with zero attached hydrogens (tertiary/aromatic N) is 2. The number of hydrogen-bond donors (Lipinski definition) is 1. The minimum absolute atomic E-state index is 0.163. The molecule has 0 aromatic carbocycles. The van der Waals surface area contributed by atoms with Gasteiger partial charge in [-0.1, -0.05) is 0 Å². The van der Waals surface area contributed by atoms with Crippen molar-refractivity contribution in [2.45, 2.75) is 25.8 Å². The number of aryl methyl sites for hydroxylation is 1. The first kappa shape index (κ1) is 15.2. The highest BCUT2D eigenvalue weighted by atomic mass is 32.2. The third-order valence-corrected chi connectivity index (χ3v) is 4.53. The van der Waals surface area contributed by atoms with Gasteiger partial charge in [0.2, 0.25) is 0 Å². The molecule has 0 aliphatic heterocycles. The Morgan fingerprint density at radius 1 is 1.28 bits per heavy atom. The standard InChI is InChI=1S/C11H19N3O2S2/c1-5-12-10-8(2)11(14-9(3)13-10)17-6-7-18(4,15)16/h5-7H2,1-4H3,(H,12,13,14). The highest BCUT2D eigenvalue weighted by molar-refractivity contribution is 8.00. The molecular weight excluding hydrogens is 270 g/mol. The van der Waals surface area contributed by atoms with Crippen LogP contribution in [-0.2, 0) is 9.84 Å². The van der Waals surface area contributed by atoms with Crippen molar-refractivity contribution in [2.24, 2.45) is 0 Å². The van der Waals surface area contributed by atoms with E-state index in [0.717, 1.165) is 23.0 Å². The largest absolute Gasteiger partial charge is 0.370 e. The summed E-state index contributed by atoms with van der Waals surface area (Å²) in [7, 11) is -2.92. The van der Waals surface area contributed by atoms with Crippen molar-refractivity contribution in [3.05, 3.63) is 11.4 Å². The number of hydrogen-bond acceptors (Lipinski definition) is 6. The van der Waals surface area contributed by atoms with Crippen LogP contribution in [-0.4, -0.2) is 42.7 Å². The van der Waals surface area contributed by atoms with Crippen LogP contribution in [0, 0.1) is 13.8 Å². The smallest absolute Gasteiger partial charge is 0.148 e. The zero-order valence-electron chi connectivity index (χ0n) is 11.1. The van der Waals surface area contributed by atoms with Crippen molar-refractivity contribution in [2.75, 3.05) is 29.6 Å². The van der Waals surface area contributed by atoms with E-state index in [9.17, 15) is 8.42 Å². The summed E-state index contributed by atoms with van der Waals surface area (Å²) in [4.78, 5) is 8.68. The lowest BCUT2D eigenvalue weighted by Crippen LogP contribution is -2.08.